The Labute approximate surface area is 201 Å². The van der Waals surface area contributed by atoms with Crippen LogP contribution in [0.1, 0.15) is 47.0 Å². The molecule has 0 amide bonds. The van der Waals surface area contributed by atoms with Gasteiger partial charge in [-0.15, -0.1) is 11.6 Å². The number of rotatable bonds is 4. The van der Waals surface area contributed by atoms with E-state index in [1.165, 1.54) is 19.9 Å². The van der Waals surface area contributed by atoms with Crippen molar-refractivity contribution in [3.05, 3.63) is 23.8 Å². The van der Waals surface area contributed by atoms with Crippen LogP contribution in [0.4, 0.5) is 13.2 Å². The number of allylic oxidation sites excluding steroid dienone is 4. The van der Waals surface area contributed by atoms with E-state index in [1.54, 1.807) is 13.8 Å². The molecular weight excluding hydrogens is 473 g/mol. The minimum Gasteiger partial charge on any atom is -0.450 e. The minimum absolute atomic E-state index is 0.0659. The molecule has 4 aliphatic rings. The molecule has 0 aromatic carbocycles. The molecule has 0 bridgehead atoms. The van der Waals surface area contributed by atoms with Crippen LogP contribution in [-0.4, -0.2) is 58.2 Å². The molecule has 0 aliphatic heterocycles. The predicted molar refractivity (Wildman–Crippen MR) is 118 cm³/mol. The van der Waals surface area contributed by atoms with Crippen LogP contribution in [-0.2, 0) is 19.1 Å². The van der Waals surface area contributed by atoms with Gasteiger partial charge >= 0.3 is 5.97 Å². The first-order valence-corrected chi connectivity index (χ1v) is 12.1. The number of hydrogen-bond acceptors (Lipinski definition) is 5. The van der Waals surface area contributed by atoms with Gasteiger partial charge in [-0.05, 0) is 43.4 Å². The van der Waals surface area contributed by atoms with Gasteiger partial charge < -0.3 is 9.84 Å². The van der Waals surface area contributed by atoms with Gasteiger partial charge in [0.25, 0.3) is 0 Å². The minimum atomic E-state index is -2.47. The summed E-state index contributed by atoms with van der Waals surface area (Å²) in [5.74, 6) is -4.99. The molecule has 5 nitrogen and oxygen atoms in total. The summed E-state index contributed by atoms with van der Waals surface area (Å²) in [6, 6.07) is 0. The zero-order valence-corrected chi connectivity index (χ0v) is 20.4. The average molecular weight is 503 g/mol. The number of aliphatic hydroxyl groups is 1. The van der Waals surface area contributed by atoms with Crippen LogP contribution in [0.25, 0.3) is 0 Å². The Morgan fingerprint density at radius 2 is 1.97 bits per heavy atom. The summed E-state index contributed by atoms with van der Waals surface area (Å²) in [7, 11) is 0. The average Bonchev–Trinajstić information content (AvgIpc) is 3.00. The van der Waals surface area contributed by atoms with E-state index in [4.69, 9.17) is 16.3 Å². The number of carbonyl (C=O) groups excluding carboxylic acids is 3. The van der Waals surface area contributed by atoms with E-state index < -0.39 is 81.7 Å². The van der Waals surface area contributed by atoms with E-state index in [-0.39, 0.29) is 24.8 Å². The van der Waals surface area contributed by atoms with E-state index in [2.05, 4.69) is 0 Å². The third-order valence-electron chi connectivity index (χ3n) is 9.28. The molecule has 0 aromatic heterocycles. The molecular formula is C25H30ClF3O5. The molecule has 9 heteroatoms. The highest BCUT2D eigenvalue weighted by atomic mass is 35.5. The Morgan fingerprint density at radius 3 is 2.56 bits per heavy atom. The van der Waals surface area contributed by atoms with E-state index in [9.17, 15) is 23.9 Å². The number of alkyl halides is 4. The quantitative estimate of drug-likeness (QED) is 0.464. The van der Waals surface area contributed by atoms with Gasteiger partial charge in [0.05, 0.1) is 11.5 Å². The van der Waals surface area contributed by atoms with Gasteiger partial charge in [0.1, 0.15) is 6.17 Å². The summed E-state index contributed by atoms with van der Waals surface area (Å²) in [6.45, 7) is 4.76. The first-order chi connectivity index (χ1) is 15.8. The monoisotopic (exact) mass is 502 g/mol. The molecule has 0 heterocycles. The van der Waals surface area contributed by atoms with Crippen molar-refractivity contribution < 1.29 is 37.4 Å². The van der Waals surface area contributed by atoms with E-state index in [0.29, 0.717) is 0 Å². The smallest absolute Gasteiger partial charge is 0.306 e. The van der Waals surface area contributed by atoms with Gasteiger partial charge in [-0.25, -0.2) is 13.2 Å². The molecule has 4 aliphatic carbocycles. The molecule has 4 rings (SSSR count). The highest BCUT2D eigenvalue weighted by Crippen LogP contribution is 2.72. The molecule has 1 N–H and O–H groups in total. The predicted octanol–water partition coefficient (Wildman–Crippen LogP) is 4.00. The zero-order chi connectivity index (χ0) is 25.4. The molecule has 0 saturated heterocycles. The van der Waals surface area contributed by atoms with Crippen LogP contribution in [0.15, 0.2) is 23.8 Å². The fourth-order valence-corrected chi connectivity index (χ4v) is 8.18. The van der Waals surface area contributed by atoms with Crippen molar-refractivity contribution in [2.75, 3.05) is 6.67 Å². The normalized spacial score (nSPS) is 49.6. The van der Waals surface area contributed by atoms with Crippen LogP contribution in [0.3, 0.4) is 0 Å². The first kappa shape index (κ1) is 25.4. The van der Waals surface area contributed by atoms with Crippen molar-refractivity contribution in [3.63, 3.8) is 0 Å². The number of ketones is 2. The molecule has 34 heavy (non-hydrogen) atoms. The van der Waals surface area contributed by atoms with Crippen molar-refractivity contribution >= 4 is 29.1 Å². The van der Waals surface area contributed by atoms with Crippen LogP contribution in [0.5, 0.6) is 0 Å². The SMILES string of the molecule is CCC(=O)O[C@@]1(C(=O)CF)[C@@H](C)C[C@H]2[C@@H]3[C@H](Cl)[C@@H](F)C4=CC(=O)C=C[C@]4(C)[C@@]3(F)[C@@H](O)C[C@@]21C. The molecule has 3 fully saturated rings. The van der Waals surface area contributed by atoms with Gasteiger partial charge in [-0.2, -0.15) is 0 Å². The standard InChI is InChI=1S/C25H30ClF3O5/c1-5-18(33)34-25(17(32)11-27)12(2)8-14-19-20(26)21(28)15-9-13(30)6-7-22(15,3)24(19,29)16(31)10-23(14,25)4/h6-7,9,12,14,16,19-21,31H,5,8,10-11H2,1-4H3/t12-,14-,16-,19+,20-,21-,22-,23-,24+,25+/m0/s1. The summed E-state index contributed by atoms with van der Waals surface area (Å²) in [5.41, 5.74) is -7.59. The topological polar surface area (TPSA) is 80.7 Å². The number of fused-ring (bicyclic) bond motifs is 5. The van der Waals surface area contributed by atoms with Gasteiger partial charge in [0, 0.05) is 29.1 Å². The van der Waals surface area contributed by atoms with Crippen molar-refractivity contribution in [3.8, 4) is 0 Å². The maximum atomic E-state index is 17.3. The van der Waals surface area contributed by atoms with E-state index in [1.807, 2.05) is 0 Å². The second kappa shape index (κ2) is 7.92. The highest BCUT2D eigenvalue weighted by molar-refractivity contribution is 6.22. The lowest BCUT2D eigenvalue weighted by Crippen LogP contribution is -2.73. The molecule has 3 saturated carbocycles. The van der Waals surface area contributed by atoms with Crippen molar-refractivity contribution in [2.24, 2.45) is 28.6 Å². The second-order valence-electron chi connectivity index (χ2n) is 10.7. The second-order valence-corrected chi connectivity index (χ2v) is 11.2. The molecule has 188 valence electrons. The van der Waals surface area contributed by atoms with E-state index in [0.717, 1.165) is 12.2 Å². The summed E-state index contributed by atoms with van der Waals surface area (Å²) in [4.78, 5) is 37.5. The summed E-state index contributed by atoms with van der Waals surface area (Å²) >= 11 is 6.57. The number of esters is 1. The lowest BCUT2D eigenvalue weighted by Gasteiger charge is -2.64. The maximum absolute atomic E-state index is 17.3. The van der Waals surface area contributed by atoms with E-state index >= 15 is 8.78 Å². The Morgan fingerprint density at radius 1 is 1.32 bits per heavy atom. The lowest BCUT2D eigenvalue weighted by molar-refractivity contribution is -0.230. The first-order valence-electron chi connectivity index (χ1n) is 11.7. The van der Waals surface area contributed by atoms with Crippen LogP contribution in [0, 0.1) is 28.6 Å². The fraction of sp³-hybridized carbons (Fsp3) is 0.720. The van der Waals surface area contributed by atoms with Crippen molar-refractivity contribution in [1.29, 1.82) is 0 Å². The fourth-order valence-electron chi connectivity index (χ4n) is 7.69. The highest BCUT2D eigenvalue weighted by Gasteiger charge is 2.79. The number of hydrogen-bond donors (Lipinski definition) is 1. The summed E-state index contributed by atoms with van der Waals surface area (Å²) < 4.78 is 52.6. The Balaban J connectivity index is 1.92. The number of carbonyl (C=O) groups is 3. The number of Topliss-reactive ketones (excluding diaryl/α,β-unsaturated/α-hetero) is 1. The van der Waals surface area contributed by atoms with Gasteiger partial charge in [-0.3, -0.25) is 14.4 Å². The van der Waals surface area contributed by atoms with Crippen LogP contribution < -0.4 is 0 Å². The molecule has 0 spiro atoms. The molecule has 10 atom stereocenters. The van der Waals surface area contributed by atoms with Gasteiger partial charge in [0.2, 0.25) is 5.78 Å². The summed E-state index contributed by atoms with van der Waals surface area (Å²) in [6.07, 6.45) is -0.437. The third kappa shape index (κ3) is 2.81. The molecule has 0 unspecified atom stereocenters. The van der Waals surface area contributed by atoms with Crippen LogP contribution in [0.2, 0.25) is 0 Å². The third-order valence-corrected chi connectivity index (χ3v) is 9.78. The molecule has 0 aromatic rings. The number of halogens is 4. The number of ether oxygens (including phenoxy) is 1. The Hall–Kier alpha value is -1.67. The maximum Gasteiger partial charge on any atom is 0.306 e. The van der Waals surface area contributed by atoms with Crippen molar-refractivity contribution in [2.45, 2.75) is 75.9 Å². The molecule has 0 radical (unpaired) electrons. The Bertz CT molecular complexity index is 999. The van der Waals surface area contributed by atoms with Gasteiger partial charge in [-0.1, -0.05) is 26.8 Å². The zero-order valence-electron chi connectivity index (χ0n) is 19.6. The summed E-state index contributed by atoms with van der Waals surface area (Å²) in [5, 5.41) is 9.90. The van der Waals surface area contributed by atoms with Crippen molar-refractivity contribution in [1.82, 2.24) is 0 Å². The van der Waals surface area contributed by atoms with Crippen LogP contribution >= 0.6 is 11.6 Å². The number of aliphatic hydroxyl groups excluding tert-OH is 1. The Kier molecular flexibility index (Phi) is 5.92. The van der Waals surface area contributed by atoms with Gasteiger partial charge in [0.15, 0.2) is 23.7 Å². The lowest BCUT2D eigenvalue weighted by atomic mass is 9.44. The largest absolute Gasteiger partial charge is 0.450 e.